The molecule has 216 valence electrons. The van der Waals surface area contributed by atoms with E-state index in [2.05, 4.69) is 20.6 Å². The molecule has 0 unspecified atom stereocenters. The van der Waals surface area contributed by atoms with E-state index in [1.165, 1.54) is 13.8 Å². The molecule has 2 saturated heterocycles. The van der Waals surface area contributed by atoms with E-state index < -0.39 is 29.2 Å². The van der Waals surface area contributed by atoms with Crippen LogP contribution in [0.3, 0.4) is 0 Å². The van der Waals surface area contributed by atoms with Gasteiger partial charge in [0.25, 0.3) is 11.8 Å². The van der Waals surface area contributed by atoms with Crippen LogP contribution in [0.15, 0.2) is 12.3 Å². The van der Waals surface area contributed by atoms with Gasteiger partial charge in [0, 0.05) is 36.4 Å². The highest BCUT2D eigenvalue weighted by atomic mass is 32.1. The van der Waals surface area contributed by atoms with E-state index in [0.717, 1.165) is 75.0 Å². The van der Waals surface area contributed by atoms with Crippen molar-refractivity contribution in [1.82, 2.24) is 20.2 Å². The van der Waals surface area contributed by atoms with Gasteiger partial charge < -0.3 is 20.6 Å². The van der Waals surface area contributed by atoms with Crippen molar-refractivity contribution >= 4 is 29.0 Å². The number of pyridine rings is 1. The average molecular weight is 578 g/mol. The molecule has 2 aliphatic heterocycles. The summed E-state index contributed by atoms with van der Waals surface area (Å²) in [5.74, 6) is -0.00774. The summed E-state index contributed by atoms with van der Waals surface area (Å²) in [5.41, 5.74) is -2.53. The van der Waals surface area contributed by atoms with Crippen LogP contribution in [0, 0.1) is 11.8 Å². The van der Waals surface area contributed by atoms with Crippen LogP contribution in [0.5, 0.6) is 0 Å². The summed E-state index contributed by atoms with van der Waals surface area (Å²) >= 11 is 0.748. The first-order chi connectivity index (χ1) is 18.9. The summed E-state index contributed by atoms with van der Waals surface area (Å²) in [5, 5.41) is 15.7. The topological polar surface area (TPSA) is 107 Å². The third kappa shape index (κ3) is 5.57. The van der Waals surface area contributed by atoms with E-state index >= 15 is 0 Å². The second kappa shape index (κ2) is 9.97. The molecule has 4 heterocycles. The molecule has 6 rings (SSSR count). The van der Waals surface area contributed by atoms with E-state index in [1.807, 2.05) is 0 Å². The van der Waals surface area contributed by atoms with Crippen LogP contribution in [0.1, 0.15) is 91.1 Å². The van der Waals surface area contributed by atoms with Crippen molar-refractivity contribution in [3.05, 3.63) is 28.5 Å². The van der Waals surface area contributed by atoms with E-state index in [4.69, 9.17) is 0 Å². The van der Waals surface area contributed by atoms with Gasteiger partial charge in [0.05, 0.1) is 16.0 Å². The van der Waals surface area contributed by atoms with Crippen molar-refractivity contribution in [1.29, 1.82) is 0 Å². The number of halogens is 3. The fraction of sp³-hybridized carbons (Fsp3) is 0.643. The molecule has 8 nitrogen and oxygen atoms in total. The standard InChI is InChI=1S/C28H34F3N5O3S/c1-27(2,39)13-33-24(37)25-35-22(26(38)36-16-7-8-17(36)10-9-16)23(40-25)18-12-32-20(11-19(18)28(29,30)31)34-21(14-3-4-14)15-5-6-15/h11-12,14-17,21,39H,3-10,13H2,1-2H3,(H,32,34)(H,33,37). The number of hydrogen-bond donors (Lipinski definition) is 3. The third-order valence-corrected chi connectivity index (χ3v) is 9.51. The summed E-state index contributed by atoms with van der Waals surface area (Å²) in [6.07, 6.45) is 4.14. The van der Waals surface area contributed by atoms with Crippen molar-refractivity contribution in [3.63, 3.8) is 0 Å². The van der Waals surface area contributed by atoms with Gasteiger partial charge >= 0.3 is 6.18 Å². The molecule has 2 aromatic rings. The predicted octanol–water partition coefficient (Wildman–Crippen LogP) is 5.09. The lowest BCUT2D eigenvalue weighted by Crippen LogP contribution is -2.38. The lowest BCUT2D eigenvalue weighted by Gasteiger charge is -2.22. The lowest BCUT2D eigenvalue weighted by molar-refractivity contribution is -0.137. The molecule has 2 amide bonds. The Balaban J connectivity index is 1.38. The fourth-order valence-corrected chi connectivity index (χ4v) is 7.13. The largest absolute Gasteiger partial charge is 0.417 e. The van der Waals surface area contributed by atoms with Gasteiger partial charge in [-0.1, -0.05) is 0 Å². The molecular weight excluding hydrogens is 543 g/mol. The quantitative estimate of drug-likeness (QED) is 0.383. The Morgan fingerprint density at radius 3 is 2.20 bits per heavy atom. The minimum absolute atomic E-state index is 0.0166. The Hall–Kier alpha value is -2.73. The van der Waals surface area contributed by atoms with Crippen LogP contribution in [0.2, 0.25) is 0 Å². The van der Waals surface area contributed by atoms with Crippen LogP contribution >= 0.6 is 11.3 Å². The van der Waals surface area contributed by atoms with Crippen LogP contribution in [-0.2, 0) is 6.18 Å². The smallest absolute Gasteiger partial charge is 0.389 e. The molecule has 2 aliphatic carbocycles. The van der Waals surface area contributed by atoms with Gasteiger partial charge in [-0.05, 0) is 83.1 Å². The molecular formula is C28H34F3N5O3S. The second-order valence-electron chi connectivity index (χ2n) is 12.3. The first-order valence-corrected chi connectivity index (χ1v) is 14.9. The van der Waals surface area contributed by atoms with Gasteiger partial charge in [-0.2, -0.15) is 13.2 Å². The monoisotopic (exact) mass is 577 g/mol. The summed E-state index contributed by atoms with van der Waals surface area (Å²) in [4.78, 5) is 37.1. The number of thiazole rings is 1. The first-order valence-electron chi connectivity index (χ1n) is 14.1. The van der Waals surface area contributed by atoms with E-state index in [0.29, 0.717) is 11.8 Å². The van der Waals surface area contributed by atoms with Gasteiger partial charge in [0.15, 0.2) is 5.01 Å². The zero-order valence-corrected chi connectivity index (χ0v) is 23.4. The van der Waals surface area contributed by atoms with Crippen molar-refractivity contribution in [2.24, 2.45) is 11.8 Å². The van der Waals surface area contributed by atoms with Crippen LogP contribution in [-0.4, -0.2) is 62.1 Å². The van der Waals surface area contributed by atoms with E-state index in [-0.39, 0.29) is 51.6 Å². The minimum atomic E-state index is -4.72. The van der Waals surface area contributed by atoms with Crippen molar-refractivity contribution in [2.75, 3.05) is 11.9 Å². The van der Waals surface area contributed by atoms with Crippen LogP contribution < -0.4 is 10.6 Å². The molecule has 2 saturated carbocycles. The van der Waals surface area contributed by atoms with Crippen molar-refractivity contribution < 1.29 is 27.9 Å². The Labute approximate surface area is 234 Å². The first kappa shape index (κ1) is 27.4. The maximum Gasteiger partial charge on any atom is 0.417 e. The molecule has 2 bridgehead atoms. The molecule has 0 atom stereocenters. The summed E-state index contributed by atoms with van der Waals surface area (Å²) in [6, 6.07) is 1.21. The number of rotatable bonds is 9. The molecule has 0 aromatic carbocycles. The number of amides is 2. The third-order valence-electron chi connectivity index (χ3n) is 8.42. The van der Waals surface area contributed by atoms with Gasteiger partial charge in [-0.25, -0.2) is 9.97 Å². The zero-order chi connectivity index (χ0) is 28.4. The lowest BCUT2D eigenvalue weighted by atomic mass is 10.0. The number of aromatic nitrogens is 2. The zero-order valence-electron chi connectivity index (χ0n) is 22.6. The van der Waals surface area contributed by atoms with Crippen LogP contribution in [0.4, 0.5) is 19.0 Å². The maximum atomic E-state index is 14.5. The van der Waals surface area contributed by atoms with Crippen molar-refractivity contribution in [3.8, 4) is 10.4 Å². The Morgan fingerprint density at radius 2 is 1.68 bits per heavy atom. The number of hydrogen-bond acceptors (Lipinski definition) is 7. The molecule has 2 aromatic heterocycles. The molecule has 0 radical (unpaired) electrons. The second-order valence-corrected chi connectivity index (χ2v) is 13.3. The minimum Gasteiger partial charge on any atom is -0.389 e. The molecule has 4 fully saturated rings. The summed E-state index contributed by atoms with van der Waals surface area (Å²) in [7, 11) is 0. The number of anilines is 1. The van der Waals surface area contributed by atoms with Crippen molar-refractivity contribution in [2.45, 2.75) is 95.1 Å². The Kier molecular flexibility index (Phi) is 6.84. The Morgan fingerprint density at radius 1 is 1.07 bits per heavy atom. The SMILES string of the molecule is CC(C)(O)CNC(=O)c1nc(C(=O)N2C3CCC2CC3)c(-c2cnc(NC(C3CC3)C3CC3)cc2C(F)(F)F)s1. The van der Waals surface area contributed by atoms with Gasteiger partial charge in [0.1, 0.15) is 11.5 Å². The number of nitrogens with zero attached hydrogens (tertiary/aromatic N) is 3. The fourth-order valence-electron chi connectivity index (χ4n) is 6.14. The molecule has 0 spiro atoms. The number of alkyl halides is 3. The van der Waals surface area contributed by atoms with E-state index in [1.54, 1.807) is 4.90 Å². The number of fused-ring (bicyclic) bond motifs is 2. The number of aliphatic hydroxyl groups is 1. The maximum absolute atomic E-state index is 14.5. The van der Waals surface area contributed by atoms with Crippen LogP contribution in [0.25, 0.3) is 10.4 Å². The average Bonchev–Trinajstić information content (AvgIpc) is 3.81. The molecule has 40 heavy (non-hydrogen) atoms. The highest BCUT2D eigenvalue weighted by molar-refractivity contribution is 7.17. The highest BCUT2D eigenvalue weighted by Gasteiger charge is 2.45. The number of nitrogens with one attached hydrogen (secondary N) is 2. The Bertz CT molecular complexity index is 1280. The van der Waals surface area contributed by atoms with Gasteiger partial charge in [-0.3, -0.25) is 9.59 Å². The predicted molar refractivity (Wildman–Crippen MR) is 144 cm³/mol. The number of carbonyl (C=O) groups is 2. The summed E-state index contributed by atoms with van der Waals surface area (Å²) in [6.45, 7) is 2.96. The summed E-state index contributed by atoms with van der Waals surface area (Å²) < 4.78 is 43.5. The number of carbonyl (C=O) groups excluding carboxylic acids is 2. The van der Waals surface area contributed by atoms with Gasteiger partial charge in [-0.15, -0.1) is 11.3 Å². The van der Waals surface area contributed by atoms with E-state index in [9.17, 15) is 27.9 Å². The molecule has 12 heteroatoms. The molecule has 3 N–H and O–H groups in total. The highest BCUT2D eigenvalue weighted by Crippen LogP contribution is 2.47. The van der Waals surface area contributed by atoms with Gasteiger partial charge in [0.2, 0.25) is 0 Å². The molecule has 4 aliphatic rings. The normalized spacial score (nSPS) is 22.7.